The van der Waals surface area contributed by atoms with E-state index >= 15 is 0 Å². The number of aromatic carboxylic acids is 1. The summed E-state index contributed by atoms with van der Waals surface area (Å²) < 4.78 is 1.72. The van der Waals surface area contributed by atoms with E-state index in [-0.39, 0.29) is 5.56 Å². The van der Waals surface area contributed by atoms with E-state index in [1.807, 2.05) is 12.3 Å². The fourth-order valence-corrected chi connectivity index (χ4v) is 2.46. The third-order valence-corrected chi connectivity index (χ3v) is 3.56. The van der Waals surface area contributed by atoms with Crippen molar-refractivity contribution in [3.63, 3.8) is 0 Å². The van der Waals surface area contributed by atoms with Crippen LogP contribution in [0.3, 0.4) is 0 Å². The lowest BCUT2D eigenvalue weighted by Gasteiger charge is -1.99. The molecule has 0 amide bonds. The molecule has 3 aromatic rings. The number of carbonyl (C=O) groups is 1. The van der Waals surface area contributed by atoms with Crippen LogP contribution in [0.2, 0.25) is 0 Å². The number of nitrogens with zero attached hydrogens (tertiary/aromatic N) is 4. The van der Waals surface area contributed by atoms with Crippen LogP contribution >= 0.6 is 11.3 Å². The minimum absolute atomic E-state index is 0.212. The first-order valence-electron chi connectivity index (χ1n) is 5.61. The Labute approximate surface area is 112 Å². The summed E-state index contributed by atoms with van der Waals surface area (Å²) in [5, 5.41) is 19.9. The maximum Gasteiger partial charge on any atom is 0.335 e. The molecule has 96 valence electrons. The summed E-state index contributed by atoms with van der Waals surface area (Å²) in [6.07, 6.45) is 0. The lowest BCUT2D eigenvalue weighted by atomic mass is 10.2. The Bertz CT molecular complexity index is 762. The van der Waals surface area contributed by atoms with Crippen molar-refractivity contribution < 1.29 is 9.90 Å². The third kappa shape index (κ3) is 2.19. The van der Waals surface area contributed by atoms with Crippen molar-refractivity contribution in [2.75, 3.05) is 0 Å². The lowest BCUT2D eigenvalue weighted by Crippen LogP contribution is -2.02. The Kier molecular flexibility index (Phi) is 2.75. The molecule has 19 heavy (non-hydrogen) atoms. The standard InChI is InChI=1S/C12H10N4O2S/c1-7-13-9(6-19-7)5-16-11-3-2-8(12(17)18)4-10(11)14-15-16/h2-4,6H,5H2,1H3,(H,17,18). The van der Waals surface area contributed by atoms with Gasteiger partial charge in [-0.15, -0.1) is 16.4 Å². The van der Waals surface area contributed by atoms with E-state index in [9.17, 15) is 4.79 Å². The maximum atomic E-state index is 10.9. The van der Waals surface area contributed by atoms with Crippen LogP contribution in [0.15, 0.2) is 23.6 Å². The Morgan fingerprint density at radius 2 is 2.32 bits per heavy atom. The molecule has 0 saturated carbocycles. The van der Waals surface area contributed by atoms with Gasteiger partial charge in [-0.05, 0) is 25.1 Å². The van der Waals surface area contributed by atoms with E-state index in [2.05, 4.69) is 15.3 Å². The van der Waals surface area contributed by atoms with Gasteiger partial charge in [0.2, 0.25) is 0 Å². The van der Waals surface area contributed by atoms with E-state index in [0.29, 0.717) is 12.1 Å². The molecule has 0 aliphatic rings. The predicted molar refractivity (Wildman–Crippen MR) is 70.4 cm³/mol. The summed E-state index contributed by atoms with van der Waals surface area (Å²) >= 11 is 1.59. The zero-order valence-corrected chi connectivity index (χ0v) is 10.9. The molecule has 2 heterocycles. The first-order chi connectivity index (χ1) is 9.13. The van der Waals surface area contributed by atoms with Gasteiger partial charge in [0, 0.05) is 5.38 Å². The molecule has 2 aromatic heterocycles. The summed E-state index contributed by atoms with van der Waals surface area (Å²) in [5.74, 6) is -0.966. The average molecular weight is 274 g/mol. The van der Waals surface area contributed by atoms with Crippen molar-refractivity contribution in [3.05, 3.63) is 39.8 Å². The van der Waals surface area contributed by atoms with Gasteiger partial charge in [0.15, 0.2) is 0 Å². The highest BCUT2D eigenvalue weighted by molar-refractivity contribution is 7.09. The molecular weight excluding hydrogens is 264 g/mol. The van der Waals surface area contributed by atoms with Crippen LogP contribution in [-0.4, -0.2) is 31.1 Å². The monoisotopic (exact) mass is 274 g/mol. The number of hydrogen-bond donors (Lipinski definition) is 1. The van der Waals surface area contributed by atoms with Crippen LogP contribution in [0.25, 0.3) is 11.0 Å². The smallest absolute Gasteiger partial charge is 0.335 e. The minimum atomic E-state index is -0.966. The number of thiazole rings is 1. The second kappa shape index (κ2) is 4.43. The topological polar surface area (TPSA) is 80.9 Å². The SMILES string of the molecule is Cc1nc(Cn2nnc3cc(C(=O)O)ccc32)cs1. The highest BCUT2D eigenvalue weighted by atomic mass is 32.1. The Balaban J connectivity index is 1.99. The molecular formula is C12H10N4O2S. The van der Waals surface area contributed by atoms with Crippen LogP contribution < -0.4 is 0 Å². The molecule has 1 aromatic carbocycles. The van der Waals surface area contributed by atoms with Gasteiger partial charge in [0.25, 0.3) is 0 Å². The molecule has 0 spiro atoms. The van der Waals surface area contributed by atoms with Crippen molar-refractivity contribution in [1.82, 2.24) is 20.0 Å². The number of carboxylic acids is 1. The highest BCUT2D eigenvalue weighted by Crippen LogP contribution is 2.16. The number of fused-ring (bicyclic) bond motifs is 1. The quantitative estimate of drug-likeness (QED) is 0.789. The van der Waals surface area contributed by atoms with Crippen LogP contribution in [0.4, 0.5) is 0 Å². The van der Waals surface area contributed by atoms with Gasteiger partial charge in [-0.1, -0.05) is 5.21 Å². The number of benzene rings is 1. The van der Waals surface area contributed by atoms with Crippen LogP contribution in [0.5, 0.6) is 0 Å². The van der Waals surface area contributed by atoms with E-state index in [0.717, 1.165) is 16.2 Å². The largest absolute Gasteiger partial charge is 0.478 e. The average Bonchev–Trinajstić information content (AvgIpc) is 2.96. The zero-order valence-electron chi connectivity index (χ0n) is 10.1. The second-order valence-electron chi connectivity index (χ2n) is 4.11. The molecule has 6 nitrogen and oxygen atoms in total. The summed E-state index contributed by atoms with van der Waals surface area (Å²) in [5.41, 5.74) is 2.52. The van der Waals surface area contributed by atoms with Crippen LogP contribution in [0.1, 0.15) is 21.1 Å². The molecule has 3 rings (SSSR count). The first kappa shape index (κ1) is 11.8. The van der Waals surface area contributed by atoms with E-state index < -0.39 is 5.97 Å². The second-order valence-corrected chi connectivity index (χ2v) is 5.18. The fraction of sp³-hybridized carbons (Fsp3) is 0.167. The van der Waals surface area contributed by atoms with E-state index in [1.165, 1.54) is 6.07 Å². The molecule has 7 heteroatoms. The van der Waals surface area contributed by atoms with Gasteiger partial charge in [0.05, 0.1) is 28.3 Å². The molecule has 0 aliphatic heterocycles. The zero-order chi connectivity index (χ0) is 13.4. The van der Waals surface area contributed by atoms with Gasteiger partial charge in [-0.25, -0.2) is 14.5 Å². The van der Waals surface area contributed by atoms with Gasteiger partial charge < -0.3 is 5.11 Å². The van der Waals surface area contributed by atoms with Crippen molar-refractivity contribution >= 4 is 28.3 Å². The lowest BCUT2D eigenvalue weighted by molar-refractivity contribution is 0.0697. The number of aromatic nitrogens is 4. The molecule has 0 unspecified atom stereocenters. The van der Waals surface area contributed by atoms with Crippen molar-refractivity contribution in [1.29, 1.82) is 0 Å². The Hall–Kier alpha value is -2.28. The van der Waals surface area contributed by atoms with Crippen molar-refractivity contribution in [2.24, 2.45) is 0 Å². The van der Waals surface area contributed by atoms with Gasteiger partial charge in [-0.3, -0.25) is 0 Å². The molecule has 0 radical (unpaired) electrons. The van der Waals surface area contributed by atoms with Crippen molar-refractivity contribution in [3.8, 4) is 0 Å². The van der Waals surface area contributed by atoms with E-state index in [4.69, 9.17) is 5.11 Å². The number of hydrogen-bond acceptors (Lipinski definition) is 5. The van der Waals surface area contributed by atoms with Gasteiger partial charge in [0.1, 0.15) is 5.52 Å². The number of rotatable bonds is 3. The molecule has 0 aliphatic carbocycles. The molecule has 1 N–H and O–H groups in total. The van der Waals surface area contributed by atoms with Crippen LogP contribution in [0, 0.1) is 6.92 Å². The molecule has 0 bridgehead atoms. The van der Waals surface area contributed by atoms with Crippen LogP contribution in [-0.2, 0) is 6.54 Å². The van der Waals surface area contributed by atoms with Gasteiger partial charge in [-0.2, -0.15) is 0 Å². The predicted octanol–water partition coefficient (Wildman–Crippen LogP) is 1.94. The molecule has 0 saturated heterocycles. The first-order valence-corrected chi connectivity index (χ1v) is 6.49. The maximum absolute atomic E-state index is 10.9. The Morgan fingerprint density at radius 3 is 3.00 bits per heavy atom. The molecule has 0 atom stereocenters. The minimum Gasteiger partial charge on any atom is -0.478 e. The van der Waals surface area contributed by atoms with E-state index in [1.54, 1.807) is 28.2 Å². The fourth-order valence-electron chi connectivity index (χ4n) is 1.86. The molecule has 0 fully saturated rings. The Morgan fingerprint density at radius 1 is 1.47 bits per heavy atom. The number of carboxylic acid groups (broad SMARTS) is 1. The summed E-state index contributed by atoms with van der Waals surface area (Å²) in [7, 11) is 0. The summed E-state index contributed by atoms with van der Waals surface area (Å²) in [4.78, 5) is 15.3. The normalized spacial score (nSPS) is 11.0. The highest BCUT2D eigenvalue weighted by Gasteiger charge is 2.10. The van der Waals surface area contributed by atoms with Crippen molar-refractivity contribution in [2.45, 2.75) is 13.5 Å². The summed E-state index contributed by atoms with van der Waals surface area (Å²) in [6.45, 7) is 2.49. The number of aryl methyl sites for hydroxylation is 1. The van der Waals surface area contributed by atoms with Gasteiger partial charge >= 0.3 is 5.97 Å². The summed E-state index contributed by atoms with van der Waals surface area (Å²) in [6, 6.07) is 4.79. The third-order valence-electron chi connectivity index (χ3n) is 2.74.